The fourth-order valence-electron chi connectivity index (χ4n) is 0.404. The lowest BCUT2D eigenvalue weighted by Crippen LogP contribution is -2.47. The van der Waals surface area contributed by atoms with Gasteiger partial charge in [-0.1, -0.05) is 0 Å². The fourth-order valence-corrected chi connectivity index (χ4v) is 1.85. The molecule has 0 bridgehead atoms. The van der Waals surface area contributed by atoms with Crippen LogP contribution >= 0.6 is 0 Å². The summed E-state index contributed by atoms with van der Waals surface area (Å²) in [6.45, 7) is 4.88. The van der Waals surface area contributed by atoms with E-state index in [4.69, 9.17) is 0 Å². The van der Waals surface area contributed by atoms with Crippen LogP contribution in [0.15, 0.2) is 0 Å². The summed E-state index contributed by atoms with van der Waals surface area (Å²) in [5, 5.41) is 0. The first-order valence-corrected chi connectivity index (χ1v) is 6.10. The van der Waals surface area contributed by atoms with Gasteiger partial charge in [0, 0.05) is 0 Å². The van der Waals surface area contributed by atoms with Gasteiger partial charge >= 0.3 is 6.18 Å². The van der Waals surface area contributed by atoms with Gasteiger partial charge in [-0.15, -0.1) is 0 Å². The minimum absolute atomic E-state index is 0.0995. The summed E-state index contributed by atoms with van der Waals surface area (Å²) in [6.07, 6.45) is -4.28. The van der Waals surface area contributed by atoms with Crippen molar-refractivity contribution < 1.29 is 17.4 Å². The van der Waals surface area contributed by atoms with E-state index in [9.17, 15) is 17.4 Å². The number of alkyl halides is 3. The summed E-state index contributed by atoms with van der Waals surface area (Å²) in [7, 11) is -1.65. The molecule has 0 aliphatic heterocycles. The molecular formula is C6H13AlF3NOS. The highest BCUT2D eigenvalue weighted by Crippen LogP contribution is 2.19. The maximum absolute atomic E-state index is 12.0. The summed E-state index contributed by atoms with van der Waals surface area (Å²) < 4.78 is 48.8. The van der Waals surface area contributed by atoms with Crippen molar-refractivity contribution >= 4 is 27.3 Å². The molecule has 2 atom stereocenters. The molecule has 13 heavy (non-hydrogen) atoms. The van der Waals surface area contributed by atoms with E-state index in [0.29, 0.717) is 0 Å². The maximum Gasteiger partial charge on any atom is 0.391 e. The first kappa shape index (κ1) is 13.4. The third-order valence-corrected chi connectivity index (χ3v) is 4.37. The second-order valence-corrected chi connectivity index (χ2v) is 6.91. The molecule has 0 radical (unpaired) electrons. The van der Waals surface area contributed by atoms with Crippen molar-refractivity contribution in [1.29, 1.82) is 0 Å². The third-order valence-electron chi connectivity index (χ3n) is 1.33. The van der Waals surface area contributed by atoms with Crippen LogP contribution in [0.1, 0.15) is 20.8 Å². The van der Waals surface area contributed by atoms with Crippen molar-refractivity contribution in [3.8, 4) is 0 Å². The van der Waals surface area contributed by atoms with Crippen molar-refractivity contribution in [3.63, 3.8) is 0 Å². The standard InChI is InChI=1S/C6H11F3NOS.Al.2H/c1-5(2,3)12(11)10-4-6(7,8)9;;;/h4,10H,1-3H3;;;. The molecule has 0 aromatic carbocycles. The SMILES string of the molecule is CC(C)(C)S(=O)N[CH]([AlH2])C(F)(F)F. The summed E-state index contributed by atoms with van der Waals surface area (Å²) in [6, 6.07) is 0. The van der Waals surface area contributed by atoms with Crippen molar-refractivity contribution in [1.82, 2.24) is 4.72 Å². The van der Waals surface area contributed by atoms with E-state index in [0.717, 1.165) is 0 Å². The Balaban J connectivity index is 4.24. The van der Waals surface area contributed by atoms with Gasteiger partial charge in [-0.25, -0.2) is 8.93 Å². The smallest absolute Gasteiger partial charge is 0.242 e. The van der Waals surface area contributed by atoms with Crippen LogP contribution in [0.2, 0.25) is 0 Å². The number of rotatable bonds is 2. The van der Waals surface area contributed by atoms with Gasteiger partial charge in [0.2, 0.25) is 0 Å². The van der Waals surface area contributed by atoms with Gasteiger partial charge in [-0.3, -0.25) is 0 Å². The lowest BCUT2D eigenvalue weighted by atomic mass is 10.3. The predicted octanol–water partition coefficient (Wildman–Crippen LogP) is 0.560. The molecule has 0 aliphatic rings. The Morgan fingerprint density at radius 1 is 1.31 bits per heavy atom. The van der Waals surface area contributed by atoms with Crippen molar-refractivity contribution in [2.45, 2.75) is 36.6 Å². The van der Waals surface area contributed by atoms with E-state index in [2.05, 4.69) is 4.72 Å². The average molecular weight is 231 g/mol. The average Bonchev–Trinajstić information content (AvgIpc) is 1.82. The largest absolute Gasteiger partial charge is 0.391 e. The molecule has 2 unspecified atom stereocenters. The van der Waals surface area contributed by atoms with E-state index in [1.54, 1.807) is 20.8 Å². The molecule has 0 aliphatic carbocycles. The van der Waals surface area contributed by atoms with Crippen LogP contribution in [0.25, 0.3) is 0 Å². The minimum Gasteiger partial charge on any atom is -0.242 e. The van der Waals surface area contributed by atoms with Gasteiger partial charge in [0.1, 0.15) is 0 Å². The van der Waals surface area contributed by atoms with Gasteiger partial charge < -0.3 is 0 Å². The van der Waals surface area contributed by atoms with Crippen LogP contribution in [-0.4, -0.2) is 36.3 Å². The van der Waals surface area contributed by atoms with E-state index < -0.39 is 26.8 Å². The Kier molecular flexibility index (Phi) is 4.45. The molecule has 0 aromatic heterocycles. The number of nitrogens with one attached hydrogen (secondary N) is 1. The van der Waals surface area contributed by atoms with Crippen LogP contribution in [0, 0.1) is 0 Å². The normalized spacial score (nSPS) is 18.3. The second-order valence-electron chi connectivity index (χ2n) is 3.76. The summed E-state index contributed by atoms with van der Waals surface area (Å²) in [4.78, 5) is -1.60. The van der Waals surface area contributed by atoms with Crippen molar-refractivity contribution in [2.24, 2.45) is 0 Å². The Labute approximate surface area is 86.3 Å². The Hall–Kier alpha value is 0.432. The van der Waals surface area contributed by atoms with E-state index in [-0.39, 0.29) is 16.3 Å². The predicted molar refractivity (Wildman–Crippen MR) is 49.4 cm³/mol. The highest BCUT2D eigenvalue weighted by molar-refractivity contribution is 7.84. The Bertz CT molecular complexity index is 201. The fraction of sp³-hybridized carbons (Fsp3) is 1.00. The molecule has 2 nitrogen and oxygen atoms in total. The molecule has 0 saturated carbocycles. The minimum atomic E-state index is -4.28. The monoisotopic (exact) mass is 231 g/mol. The molecule has 0 heterocycles. The lowest BCUT2D eigenvalue weighted by molar-refractivity contribution is -0.132. The molecule has 0 spiro atoms. The van der Waals surface area contributed by atoms with Crippen molar-refractivity contribution in [3.05, 3.63) is 0 Å². The van der Waals surface area contributed by atoms with Crippen LogP contribution in [0.3, 0.4) is 0 Å². The molecule has 78 valence electrons. The van der Waals surface area contributed by atoms with Crippen LogP contribution in [-0.2, 0) is 11.0 Å². The molecule has 1 N–H and O–H groups in total. The van der Waals surface area contributed by atoms with E-state index >= 15 is 0 Å². The highest BCUT2D eigenvalue weighted by atomic mass is 32.2. The number of halogens is 3. The molecule has 7 heteroatoms. The van der Waals surface area contributed by atoms with Crippen LogP contribution in [0.4, 0.5) is 13.2 Å². The lowest BCUT2D eigenvalue weighted by Gasteiger charge is -2.23. The maximum atomic E-state index is 12.0. The Morgan fingerprint density at radius 2 is 1.69 bits per heavy atom. The number of hydrogen-bond acceptors (Lipinski definition) is 1. The molecule has 0 aromatic rings. The third kappa shape index (κ3) is 5.01. The van der Waals surface area contributed by atoms with Gasteiger partial charge in [0.25, 0.3) is 16.3 Å². The Morgan fingerprint density at radius 3 is 1.92 bits per heavy atom. The molecule has 0 saturated heterocycles. The molecular weight excluding hydrogens is 218 g/mol. The van der Waals surface area contributed by atoms with Crippen LogP contribution < -0.4 is 4.72 Å². The van der Waals surface area contributed by atoms with Gasteiger partial charge in [0.15, 0.2) is 0 Å². The summed E-state index contributed by atoms with van der Waals surface area (Å²) in [5.74, 6) is 0. The zero-order valence-electron chi connectivity index (χ0n) is 8.03. The van der Waals surface area contributed by atoms with Gasteiger partial charge in [0.05, 0.1) is 20.6 Å². The first-order valence-electron chi connectivity index (χ1n) is 3.80. The zero-order chi connectivity index (χ0) is 10.9. The number of hydrogen-bond donors (Lipinski definition) is 1. The molecule has 0 fully saturated rings. The first-order chi connectivity index (χ1) is 5.55. The van der Waals surface area contributed by atoms with Crippen molar-refractivity contribution in [2.75, 3.05) is 0 Å². The molecule has 0 rings (SSSR count). The summed E-state index contributed by atoms with van der Waals surface area (Å²) in [5.41, 5.74) is 0. The highest BCUT2D eigenvalue weighted by Gasteiger charge is 2.37. The topological polar surface area (TPSA) is 29.1 Å². The van der Waals surface area contributed by atoms with Gasteiger partial charge in [-0.05, 0) is 20.8 Å². The summed E-state index contributed by atoms with van der Waals surface area (Å²) >= 11 is -0.0995. The zero-order valence-corrected chi connectivity index (χ0v) is 10.8. The van der Waals surface area contributed by atoms with Gasteiger partial charge in [-0.2, -0.15) is 13.2 Å². The second kappa shape index (κ2) is 4.30. The van der Waals surface area contributed by atoms with Crippen LogP contribution in [0.5, 0.6) is 0 Å². The van der Waals surface area contributed by atoms with E-state index in [1.807, 2.05) is 0 Å². The quantitative estimate of drug-likeness (QED) is 0.691. The molecule has 0 amide bonds. The van der Waals surface area contributed by atoms with E-state index in [1.165, 1.54) is 0 Å².